The van der Waals surface area contributed by atoms with Gasteiger partial charge in [0.05, 0.1) is 17.4 Å². The molecule has 0 fully saturated rings. The van der Waals surface area contributed by atoms with Crippen molar-refractivity contribution in [2.75, 3.05) is 34.8 Å². The molecule has 1 N–H and O–H groups in total. The maximum atomic E-state index is 13.3. The molecular formula is C24H32N2O2S2. The lowest BCUT2D eigenvalue weighted by Crippen LogP contribution is -2.30. The Morgan fingerprint density at radius 3 is 2.80 bits per heavy atom. The monoisotopic (exact) mass is 444 g/mol. The first kappa shape index (κ1) is 23.0. The van der Waals surface area contributed by atoms with E-state index >= 15 is 0 Å². The van der Waals surface area contributed by atoms with Crippen LogP contribution in [0.3, 0.4) is 0 Å². The molecule has 0 saturated heterocycles. The topological polar surface area (TPSA) is 43.8 Å². The number of aliphatic hydroxyl groups excluding tert-OH is 1. The van der Waals surface area contributed by atoms with E-state index in [4.69, 9.17) is 0 Å². The van der Waals surface area contributed by atoms with Crippen LogP contribution in [-0.2, 0) is 6.42 Å². The number of rotatable bonds is 10. The molecule has 3 rings (SSSR count). The van der Waals surface area contributed by atoms with Crippen LogP contribution in [-0.4, -0.2) is 42.7 Å². The van der Waals surface area contributed by atoms with Crippen molar-refractivity contribution in [2.24, 2.45) is 0 Å². The standard InChI is InChI=1S/C24H32N2O2S2/c1-4-5-6-9-19(27)17-30-20-12-13-22-18(16-20)14-15-26(22)24(28)21-10-7-8-11-23(21)25(2)29-3/h7-8,10-13,16,19,27H,4-6,9,14-15,17H2,1-3H3. The highest BCUT2D eigenvalue weighted by Gasteiger charge is 2.27. The number of nitrogens with zero attached hydrogens (tertiary/aromatic N) is 2. The summed E-state index contributed by atoms with van der Waals surface area (Å²) >= 11 is 3.30. The Morgan fingerprint density at radius 2 is 2.03 bits per heavy atom. The van der Waals surface area contributed by atoms with E-state index < -0.39 is 0 Å². The van der Waals surface area contributed by atoms with Gasteiger partial charge in [-0.15, -0.1) is 11.8 Å². The Balaban J connectivity index is 1.68. The number of hydrogen-bond acceptors (Lipinski definition) is 5. The predicted octanol–water partition coefficient (Wildman–Crippen LogP) is 5.64. The van der Waals surface area contributed by atoms with Crippen molar-refractivity contribution in [1.82, 2.24) is 0 Å². The molecule has 1 aliphatic rings. The Labute approximate surface area is 189 Å². The summed E-state index contributed by atoms with van der Waals surface area (Å²) in [6, 6.07) is 14.1. The lowest BCUT2D eigenvalue weighted by molar-refractivity contribution is 0.0990. The summed E-state index contributed by atoms with van der Waals surface area (Å²) in [6.45, 7) is 2.89. The van der Waals surface area contributed by atoms with E-state index in [9.17, 15) is 9.90 Å². The van der Waals surface area contributed by atoms with Crippen LogP contribution in [0.5, 0.6) is 0 Å². The largest absolute Gasteiger partial charge is 0.392 e. The van der Waals surface area contributed by atoms with Gasteiger partial charge in [0.15, 0.2) is 0 Å². The number of carbonyl (C=O) groups is 1. The molecule has 1 atom stereocenters. The quantitative estimate of drug-likeness (QED) is 0.292. The van der Waals surface area contributed by atoms with Crippen LogP contribution in [0.15, 0.2) is 47.4 Å². The van der Waals surface area contributed by atoms with Gasteiger partial charge in [-0.2, -0.15) is 0 Å². The van der Waals surface area contributed by atoms with Gasteiger partial charge in [-0.25, -0.2) is 0 Å². The zero-order valence-electron chi connectivity index (χ0n) is 18.1. The molecule has 6 heteroatoms. The molecule has 0 radical (unpaired) electrons. The molecule has 0 bridgehead atoms. The van der Waals surface area contributed by atoms with E-state index in [2.05, 4.69) is 25.1 Å². The van der Waals surface area contributed by atoms with E-state index in [-0.39, 0.29) is 12.0 Å². The van der Waals surface area contributed by atoms with E-state index in [1.807, 2.05) is 46.8 Å². The van der Waals surface area contributed by atoms with E-state index in [1.165, 1.54) is 23.3 Å². The number of benzene rings is 2. The summed E-state index contributed by atoms with van der Waals surface area (Å²) in [5, 5.41) is 10.2. The maximum Gasteiger partial charge on any atom is 0.260 e. The van der Waals surface area contributed by atoms with Gasteiger partial charge in [-0.1, -0.05) is 50.3 Å². The van der Waals surface area contributed by atoms with Crippen LogP contribution in [0, 0.1) is 0 Å². The fourth-order valence-electron chi connectivity index (χ4n) is 3.76. The number of carbonyl (C=O) groups excluding carboxylic acids is 1. The zero-order chi connectivity index (χ0) is 21.5. The lowest BCUT2D eigenvalue weighted by atomic mass is 10.1. The molecule has 162 valence electrons. The highest BCUT2D eigenvalue weighted by Crippen LogP contribution is 2.35. The minimum Gasteiger partial charge on any atom is -0.392 e. The molecule has 2 aromatic rings. The van der Waals surface area contributed by atoms with E-state index in [0.29, 0.717) is 6.54 Å². The number of para-hydroxylation sites is 1. The average Bonchev–Trinajstić information content (AvgIpc) is 3.20. The van der Waals surface area contributed by atoms with Crippen molar-refractivity contribution in [2.45, 2.75) is 50.0 Å². The minimum absolute atomic E-state index is 0.0528. The Kier molecular flexibility index (Phi) is 8.54. The molecule has 0 spiro atoms. The minimum atomic E-state index is -0.252. The number of hydrogen-bond donors (Lipinski definition) is 1. The van der Waals surface area contributed by atoms with Gasteiger partial charge in [-0.05, 0) is 48.7 Å². The number of amides is 1. The van der Waals surface area contributed by atoms with Crippen molar-refractivity contribution in [3.8, 4) is 0 Å². The molecule has 2 aromatic carbocycles. The van der Waals surface area contributed by atoms with Gasteiger partial charge in [0.25, 0.3) is 5.91 Å². The third kappa shape index (κ3) is 5.54. The third-order valence-corrected chi connectivity index (χ3v) is 7.41. The second kappa shape index (κ2) is 11.1. The highest BCUT2D eigenvalue weighted by atomic mass is 32.2. The Bertz CT molecular complexity index is 859. The van der Waals surface area contributed by atoms with Gasteiger partial charge >= 0.3 is 0 Å². The fraction of sp³-hybridized carbons (Fsp3) is 0.458. The Morgan fingerprint density at radius 1 is 1.23 bits per heavy atom. The number of unbranched alkanes of at least 4 members (excludes halogenated alkanes) is 2. The summed E-state index contributed by atoms with van der Waals surface area (Å²) in [7, 11) is 1.98. The predicted molar refractivity (Wildman–Crippen MR) is 131 cm³/mol. The molecule has 0 aliphatic carbocycles. The van der Waals surface area contributed by atoms with Crippen molar-refractivity contribution < 1.29 is 9.90 Å². The van der Waals surface area contributed by atoms with Crippen LogP contribution < -0.4 is 9.21 Å². The molecule has 1 heterocycles. The van der Waals surface area contributed by atoms with Gasteiger partial charge in [0.2, 0.25) is 0 Å². The molecule has 1 amide bonds. The van der Waals surface area contributed by atoms with Crippen LogP contribution in [0.2, 0.25) is 0 Å². The summed E-state index contributed by atoms with van der Waals surface area (Å²) in [4.78, 5) is 16.4. The van der Waals surface area contributed by atoms with E-state index in [1.54, 1.807) is 23.7 Å². The average molecular weight is 445 g/mol. The molecular weight excluding hydrogens is 412 g/mol. The van der Waals surface area contributed by atoms with Gasteiger partial charge in [-0.3, -0.25) is 4.79 Å². The molecule has 0 saturated carbocycles. The lowest BCUT2D eigenvalue weighted by Gasteiger charge is -2.23. The number of aliphatic hydroxyl groups is 1. The summed E-state index contributed by atoms with van der Waals surface area (Å²) in [5.41, 5.74) is 3.89. The summed E-state index contributed by atoms with van der Waals surface area (Å²) in [6.07, 6.45) is 6.95. The van der Waals surface area contributed by atoms with E-state index in [0.717, 1.165) is 42.0 Å². The van der Waals surface area contributed by atoms with Crippen LogP contribution in [0.25, 0.3) is 0 Å². The van der Waals surface area contributed by atoms with Crippen LogP contribution in [0.4, 0.5) is 11.4 Å². The highest BCUT2D eigenvalue weighted by molar-refractivity contribution is 8.00. The maximum absolute atomic E-state index is 13.3. The first-order chi connectivity index (χ1) is 14.5. The molecule has 30 heavy (non-hydrogen) atoms. The first-order valence-electron chi connectivity index (χ1n) is 10.7. The second-order valence-corrected chi connectivity index (χ2v) is 9.66. The number of anilines is 2. The molecule has 0 aromatic heterocycles. The van der Waals surface area contributed by atoms with Gasteiger partial charge < -0.3 is 14.3 Å². The van der Waals surface area contributed by atoms with Crippen LogP contribution in [0.1, 0.15) is 48.5 Å². The van der Waals surface area contributed by atoms with Crippen molar-refractivity contribution in [1.29, 1.82) is 0 Å². The van der Waals surface area contributed by atoms with Crippen molar-refractivity contribution >= 4 is 41.0 Å². The SMILES string of the molecule is CCCCCC(O)CSc1ccc2c(c1)CCN2C(=O)c1ccccc1N(C)SC. The molecule has 1 unspecified atom stereocenters. The number of fused-ring (bicyclic) bond motifs is 1. The third-order valence-electron chi connectivity index (χ3n) is 5.52. The zero-order valence-corrected chi connectivity index (χ0v) is 19.8. The van der Waals surface area contributed by atoms with Gasteiger partial charge in [0.1, 0.15) is 0 Å². The molecule has 4 nitrogen and oxygen atoms in total. The second-order valence-electron chi connectivity index (χ2n) is 7.66. The first-order valence-corrected chi connectivity index (χ1v) is 12.8. The van der Waals surface area contributed by atoms with Gasteiger partial charge in [0, 0.05) is 36.2 Å². The van der Waals surface area contributed by atoms with Crippen molar-refractivity contribution in [3.05, 3.63) is 53.6 Å². The Hall–Kier alpha value is -1.63. The summed E-state index contributed by atoms with van der Waals surface area (Å²) < 4.78 is 2.02. The molecule has 1 aliphatic heterocycles. The number of thioether (sulfide) groups is 1. The van der Waals surface area contributed by atoms with Crippen LogP contribution >= 0.6 is 23.7 Å². The fourth-order valence-corrected chi connectivity index (χ4v) is 5.05. The normalized spacial score (nSPS) is 13.9. The smallest absolute Gasteiger partial charge is 0.260 e. The summed E-state index contributed by atoms with van der Waals surface area (Å²) in [5.74, 6) is 0.775. The van der Waals surface area contributed by atoms with Crippen molar-refractivity contribution in [3.63, 3.8) is 0 Å².